The van der Waals surface area contributed by atoms with Gasteiger partial charge in [0.1, 0.15) is 24.4 Å². The van der Waals surface area contributed by atoms with Gasteiger partial charge in [0.05, 0.1) is 15.8 Å². The zero-order chi connectivity index (χ0) is 19.3. The second-order valence-electron chi connectivity index (χ2n) is 6.91. The number of para-hydroxylation sites is 1. The van der Waals surface area contributed by atoms with Gasteiger partial charge in [-0.25, -0.2) is 0 Å². The lowest BCUT2D eigenvalue weighted by atomic mass is 10.2. The largest absolute Gasteiger partial charge is 0.459 e. The molecule has 1 atom stereocenters. The molecule has 0 saturated carbocycles. The average Bonchev–Trinajstić information content (AvgIpc) is 3.43. The minimum Gasteiger partial charge on any atom is -0.459 e. The first-order valence-electron chi connectivity index (χ1n) is 9.33. The molecule has 0 bridgehead atoms. The Morgan fingerprint density at radius 3 is 2.32 bits per heavy atom. The SMILES string of the molecule is C[C@@H](NC(=O)C[NH+](Cc1cccs1)Cc1cccs1)c1cc2ccccc2o1. The van der Waals surface area contributed by atoms with Crippen LogP contribution in [-0.2, 0) is 17.9 Å². The number of furan rings is 1. The highest BCUT2D eigenvalue weighted by atomic mass is 32.1. The van der Waals surface area contributed by atoms with Crippen molar-refractivity contribution >= 4 is 39.5 Å². The van der Waals surface area contributed by atoms with Crippen LogP contribution in [0.2, 0.25) is 0 Å². The fourth-order valence-electron chi connectivity index (χ4n) is 3.31. The second kappa shape index (κ2) is 8.73. The zero-order valence-electron chi connectivity index (χ0n) is 15.7. The lowest BCUT2D eigenvalue weighted by molar-refractivity contribution is -0.919. The third kappa shape index (κ3) is 4.70. The van der Waals surface area contributed by atoms with Gasteiger partial charge in [0, 0.05) is 5.39 Å². The van der Waals surface area contributed by atoms with Crippen molar-refractivity contribution in [2.24, 2.45) is 0 Å². The molecule has 0 aliphatic rings. The van der Waals surface area contributed by atoms with E-state index < -0.39 is 0 Å². The van der Waals surface area contributed by atoms with Crippen molar-refractivity contribution in [1.29, 1.82) is 0 Å². The highest BCUT2D eigenvalue weighted by molar-refractivity contribution is 7.10. The molecule has 3 aromatic heterocycles. The summed E-state index contributed by atoms with van der Waals surface area (Å²) in [6.07, 6.45) is 0. The Morgan fingerprint density at radius 1 is 1.04 bits per heavy atom. The molecule has 4 rings (SSSR count). The highest BCUT2D eigenvalue weighted by Gasteiger charge is 2.20. The van der Waals surface area contributed by atoms with E-state index >= 15 is 0 Å². The minimum atomic E-state index is -0.162. The number of amides is 1. The van der Waals surface area contributed by atoms with Gasteiger partial charge in [-0.1, -0.05) is 30.3 Å². The smallest absolute Gasteiger partial charge is 0.275 e. The summed E-state index contributed by atoms with van der Waals surface area (Å²) in [4.78, 5) is 16.6. The maximum Gasteiger partial charge on any atom is 0.275 e. The van der Waals surface area contributed by atoms with E-state index in [4.69, 9.17) is 4.42 Å². The number of rotatable bonds is 8. The van der Waals surface area contributed by atoms with Gasteiger partial charge in [0.2, 0.25) is 0 Å². The van der Waals surface area contributed by atoms with E-state index in [1.807, 2.05) is 37.3 Å². The van der Waals surface area contributed by atoms with Crippen molar-refractivity contribution in [2.45, 2.75) is 26.1 Å². The van der Waals surface area contributed by atoms with E-state index in [2.05, 4.69) is 40.3 Å². The fourth-order valence-corrected chi connectivity index (χ4v) is 4.87. The van der Waals surface area contributed by atoms with Crippen molar-refractivity contribution in [1.82, 2.24) is 5.32 Å². The molecule has 3 heterocycles. The van der Waals surface area contributed by atoms with Gasteiger partial charge in [0.15, 0.2) is 6.54 Å². The van der Waals surface area contributed by atoms with Crippen LogP contribution in [0.4, 0.5) is 0 Å². The summed E-state index contributed by atoms with van der Waals surface area (Å²) in [7, 11) is 0. The number of thiophene rings is 2. The van der Waals surface area contributed by atoms with Gasteiger partial charge in [-0.3, -0.25) is 4.79 Å². The molecule has 0 radical (unpaired) electrons. The number of hydrogen-bond acceptors (Lipinski definition) is 4. The van der Waals surface area contributed by atoms with Gasteiger partial charge in [0.25, 0.3) is 5.91 Å². The lowest BCUT2D eigenvalue weighted by Gasteiger charge is -2.19. The number of benzene rings is 1. The molecule has 0 aliphatic carbocycles. The number of fused-ring (bicyclic) bond motifs is 1. The van der Waals surface area contributed by atoms with Crippen LogP contribution in [0.3, 0.4) is 0 Å². The van der Waals surface area contributed by atoms with E-state index in [1.165, 1.54) is 14.7 Å². The summed E-state index contributed by atoms with van der Waals surface area (Å²) in [6, 6.07) is 18.1. The first-order chi connectivity index (χ1) is 13.7. The molecule has 0 saturated heterocycles. The summed E-state index contributed by atoms with van der Waals surface area (Å²) < 4.78 is 5.89. The predicted octanol–water partition coefficient (Wildman–Crippen LogP) is 4.02. The topological polar surface area (TPSA) is 46.7 Å². The Morgan fingerprint density at radius 2 is 1.71 bits per heavy atom. The molecular weight excluding hydrogens is 388 g/mol. The number of quaternary nitrogens is 1. The molecule has 4 aromatic rings. The van der Waals surface area contributed by atoms with Crippen LogP contribution in [-0.4, -0.2) is 12.5 Å². The quantitative estimate of drug-likeness (QED) is 0.460. The molecule has 28 heavy (non-hydrogen) atoms. The molecule has 0 spiro atoms. The van der Waals surface area contributed by atoms with E-state index in [0.717, 1.165) is 29.8 Å². The van der Waals surface area contributed by atoms with Crippen LogP contribution in [0, 0.1) is 0 Å². The Labute approximate surface area is 172 Å². The molecule has 1 aromatic carbocycles. The van der Waals surface area contributed by atoms with Gasteiger partial charge in [-0.05, 0) is 41.9 Å². The third-order valence-corrected chi connectivity index (χ3v) is 6.42. The third-order valence-electron chi connectivity index (χ3n) is 4.67. The number of carbonyl (C=O) groups excluding carboxylic acids is 1. The molecule has 0 unspecified atom stereocenters. The molecule has 6 heteroatoms. The van der Waals surface area contributed by atoms with Crippen molar-refractivity contribution in [3.63, 3.8) is 0 Å². The van der Waals surface area contributed by atoms with Crippen LogP contribution >= 0.6 is 22.7 Å². The van der Waals surface area contributed by atoms with Crippen LogP contribution in [0.15, 0.2) is 69.8 Å². The Bertz CT molecular complexity index is 953. The van der Waals surface area contributed by atoms with Gasteiger partial charge in [-0.2, -0.15) is 0 Å². The van der Waals surface area contributed by atoms with Crippen molar-refractivity contribution in [3.05, 3.63) is 80.9 Å². The van der Waals surface area contributed by atoms with Crippen molar-refractivity contribution < 1.29 is 14.1 Å². The summed E-state index contributed by atoms with van der Waals surface area (Å²) in [6.45, 7) is 4.10. The summed E-state index contributed by atoms with van der Waals surface area (Å²) in [5, 5.41) is 8.33. The highest BCUT2D eigenvalue weighted by Crippen LogP contribution is 2.23. The van der Waals surface area contributed by atoms with E-state index in [1.54, 1.807) is 22.7 Å². The Kier molecular flexibility index (Phi) is 5.90. The fraction of sp³-hybridized carbons (Fsp3) is 0.227. The van der Waals surface area contributed by atoms with Gasteiger partial charge < -0.3 is 14.6 Å². The molecule has 144 valence electrons. The van der Waals surface area contributed by atoms with Crippen molar-refractivity contribution in [3.8, 4) is 0 Å². The van der Waals surface area contributed by atoms with E-state index in [-0.39, 0.29) is 11.9 Å². The maximum atomic E-state index is 12.7. The standard InChI is InChI=1S/C22H22N2O2S2/c1-16(21-12-17-6-2-3-9-20(17)26-21)23-22(25)15-24(13-18-7-4-10-27-18)14-19-8-5-11-28-19/h2-12,16H,13-15H2,1H3,(H,23,25)/p+1/t16-/m1/s1. The average molecular weight is 412 g/mol. The number of nitrogens with one attached hydrogen (secondary N) is 2. The van der Waals surface area contributed by atoms with E-state index in [9.17, 15) is 4.79 Å². The van der Waals surface area contributed by atoms with Gasteiger partial charge >= 0.3 is 0 Å². The minimum absolute atomic E-state index is 0.0380. The van der Waals surface area contributed by atoms with Crippen LogP contribution in [0.25, 0.3) is 11.0 Å². The molecule has 0 fully saturated rings. The van der Waals surface area contributed by atoms with E-state index in [0.29, 0.717) is 6.54 Å². The first-order valence-corrected chi connectivity index (χ1v) is 11.1. The predicted molar refractivity (Wildman–Crippen MR) is 115 cm³/mol. The number of carbonyl (C=O) groups is 1. The second-order valence-corrected chi connectivity index (χ2v) is 8.98. The molecule has 0 aliphatic heterocycles. The number of hydrogen-bond donors (Lipinski definition) is 2. The lowest BCUT2D eigenvalue weighted by Crippen LogP contribution is -3.10. The molecular formula is C22H23N2O2S2+. The Balaban J connectivity index is 1.41. The van der Waals surface area contributed by atoms with Crippen molar-refractivity contribution in [2.75, 3.05) is 6.54 Å². The molecule has 1 amide bonds. The summed E-state index contributed by atoms with van der Waals surface area (Å²) in [5.41, 5.74) is 0.848. The van der Waals surface area contributed by atoms with Crippen LogP contribution < -0.4 is 10.2 Å². The molecule has 2 N–H and O–H groups in total. The van der Waals surface area contributed by atoms with Gasteiger partial charge in [-0.15, -0.1) is 22.7 Å². The first kappa shape index (κ1) is 18.9. The Hall–Kier alpha value is -2.41. The molecule has 4 nitrogen and oxygen atoms in total. The zero-order valence-corrected chi connectivity index (χ0v) is 17.3. The monoisotopic (exact) mass is 411 g/mol. The summed E-state index contributed by atoms with van der Waals surface area (Å²) in [5.74, 6) is 0.823. The maximum absolute atomic E-state index is 12.7. The normalized spacial score (nSPS) is 12.5. The van der Waals surface area contributed by atoms with Crippen LogP contribution in [0.1, 0.15) is 28.5 Å². The van der Waals surface area contributed by atoms with Crippen LogP contribution in [0.5, 0.6) is 0 Å². The summed E-state index contributed by atoms with van der Waals surface area (Å²) >= 11 is 3.48.